The van der Waals surface area contributed by atoms with Crippen molar-refractivity contribution in [2.75, 3.05) is 32.0 Å². The third-order valence-electron chi connectivity index (χ3n) is 5.46. The van der Waals surface area contributed by atoms with Gasteiger partial charge in [-0.1, -0.05) is 25.3 Å². The molecule has 5 heteroatoms. The number of anilines is 1. The Labute approximate surface area is 143 Å². The number of amides is 1. The van der Waals surface area contributed by atoms with Gasteiger partial charge in [0.25, 0.3) is 0 Å². The van der Waals surface area contributed by atoms with E-state index in [1.54, 1.807) is 13.1 Å². The molecular weight excluding hydrogens is 305 g/mol. The summed E-state index contributed by atoms with van der Waals surface area (Å²) >= 11 is 0. The molecule has 2 fully saturated rings. The van der Waals surface area contributed by atoms with Crippen molar-refractivity contribution in [3.05, 3.63) is 30.1 Å². The molecule has 1 aliphatic carbocycles. The zero-order valence-corrected chi connectivity index (χ0v) is 14.5. The second-order valence-corrected chi connectivity index (χ2v) is 7.29. The summed E-state index contributed by atoms with van der Waals surface area (Å²) in [5.74, 6) is 0.454. The van der Waals surface area contributed by atoms with Crippen molar-refractivity contribution in [2.24, 2.45) is 5.92 Å². The minimum absolute atomic E-state index is 0.0158. The summed E-state index contributed by atoms with van der Waals surface area (Å²) < 4.78 is 13.5. The zero-order chi connectivity index (χ0) is 17.0. The smallest absolute Gasteiger partial charge is 0.246 e. The molecule has 2 N–H and O–H groups in total. The number of nitrogens with zero attached hydrogens (tertiary/aromatic N) is 1. The molecule has 132 valence electrons. The molecule has 0 spiro atoms. The third-order valence-corrected chi connectivity index (χ3v) is 5.46. The van der Waals surface area contributed by atoms with Crippen LogP contribution in [0, 0.1) is 11.7 Å². The van der Waals surface area contributed by atoms with Crippen LogP contribution < -0.4 is 10.6 Å². The second kappa shape index (κ2) is 7.51. The van der Waals surface area contributed by atoms with Gasteiger partial charge in [0.05, 0.1) is 0 Å². The molecule has 0 radical (unpaired) electrons. The number of rotatable bonds is 5. The maximum Gasteiger partial charge on any atom is 0.246 e. The molecule has 3 rings (SSSR count). The predicted molar refractivity (Wildman–Crippen MR) is 94.5 cm³/mol. The lowest BCUT2D eigenvalue weighted by atomic mass is 9.89. The third kappa shape index (κ3) is 3.89. The fourth-order valence-electron chi connectivity index (χ4n) is 4.21. The molecule has 1 aromatic rings. The van der Waals surface area contributed by atoms with Gasteiger partial charge in [0, 0.05) is 32.4 Å². The van der Waals surface area contributed by atoms with Crippen LogP contribution in [0.3, 0.4) is 0 Å². The van der Waals surface area contributed by atoms with E-state index in [4.69, 9.17) is 0 Å². The van der Waals surface area contributed by atoms with Crippen molar-refractivity contribution in [1.29, 1.82) is 0 Å². The molecule has 1 aliphatic heterocycles. The SMILES string of the molecule is CNC(=O)C1(Nc2cccc(F)c2)CCN(CC2CCCCC2)C1. The van der Waals surface area contributed by atoms with Gasteiger partial charge in [0.1, 0.15) is 11.4 Å². The second-order valence-electron chi connectivity index (χ2n) is 7.29. The molecule has 4 nitrogen and oxygen atoms in total. The Balaban J connectivity index is 1.69. The molecule has 1 atom stereocenters. The first kappa shape index (κ1) is 17.2. The quantitative estimate of drug-likeness (QED) is 0.871. The Morgan fingerprint density at radius 3 is 2.83 bits per heavy atom. The molecule has 1 amide bonds. The highest BCUT2D eigenvalue weighted by Crippen LogP contribution is 2.30. The predicted octanol–water partition coefficient (Wildman–Crippen LogP) is 3.01. The maximum absolute atomic E-state index is 13.5. The van der Waals surface area contributed by atoms with Crippen LogP contribution in [-0.4, -0.2) is 43.0 Å². The van der Waals surface area contributed by atoms with E-state index in [-0.39, 0.29) is 11.7 Å². The number of benzene rings is 1. The number of carbonyl (C=O) groups excluding carboxylic acids is 1. The lowest BCUT2D eigenvalue weighted by Crippen LogP contribution is -2.53. The first-order valence-electron chi connectivity index (χ1n) is 9.10. The summed E-state index contributed by atoms with van der Waals surface area (Å²) in [5.41, 5.74) is -0.00451. The molecule has 1 saturated carbocycles. The van der Waals surface area contributed by atoms with Gasteiger partial charge in [0.15, 0.2) is 0 Å². The molecule has 1 saturated heterocycles. The lowest BCUT2D eigenvalue weighted by molar-refractivity contribution is -0.124. The first-order chi connectivity index (χ1) is 11.6. The van der Waals surface area contributed by atoms with Gasteiger partial charge >= 0.3 is 0 Å². The van der Waals surface area contributed by atoms with Crippen molar-refractivity contribution < 1.29 is 9.18 Å². The Morgan fingerprint density at radius 2 is 2.12 bits per heavy atom. The van der Waals surface area contributed by atoms with E-state index in [1.807, 2.05) is 6.07 Å². The van der Waals surface area contributed by atoms with Crippen molar-refractivity contribution in [3.63, 3.8) is 0 Å². The van der Waals surface area contributed by atoms with Gasteiger partial charge in [-0.3, -0.25) is 4.79 Å². The highest BCUT2D eigenvalue weighted by molar-refractivity contribution is 5.90. The number of nitrogens with one attached hydrogen (secondary N) is 2. The largest absolute Gasteiger partial charge is 0.370 e. The Morgan fingerprint density at radius 1 is 1.33 bits per heavy atom. The summed E-state index contributed by atoms with van der Waals surface area (Å²) in [6, 6.07) is 6.36. The summed E-state index contributed by atoms with van der Waals surface area (Å²) in [6.07, 6.45) is 7.39. The van der Waals surface area contributed by atoms with Crippen molar-refractivity contribution in [2.45, 2.75) is 44.1 Å². The molecular formula is C19H28FN3O. The van der Waals surface area contributed by atoms with Gasteiger partial charge in [-0.15, -0.1) is 0 Å². The maximum atomic E-state index is 13.5. The van der Waals surface area contributed by atoms with Crippen LogP contribution in [0.2, 0.25) is 0 Å². The highest BCUT2D eigenvalue weighted by Gasteiger charge is 2.44. The Kier molecular flexibility index (Phi) is 5.39. The fraction of sp³-hybridized carbons (Fsp3) is 0.632. The Bertz CT molecular complexity index is 573. The lowest BCUT2D eigenvalue weighted by Gasteiger charge is -2.31. The monoisotopic (exact) mass is 333 g/mol. The molecule has 0 bridgehead atoms. The van der Waals surface area contributed by atoms with E-state index < -0.39 is 5.54 Å². The van der Waals surface area contributed by atoms with Crippen molar-refractivity contribution >= 4 is 11.6 Å². The number of carbonyl (C=O) groups is 1. The van der Waals surface area contributed by atoms with E-state index >= 15 is 0 Å². The van der Waals surface area contributed by atoms with E-state index in [0.29, 0.717) is 12.2 Å². The normalized spacial score (nSPS) is 25.6. The first-order valence-corrected chi connectivity index (χ1v) is 9.10. The van der Waals surface area contributed by atoms with Gasteiger partial charge in [-0.25, -0.2) is 4.39 Å². The van der Waals surface area contributed by atoms with Crippen LogP contribution >= 0.6 is 0 Å². The van der Waals surface area contributed by atoms with Crippen molar-refractivity contribution in [1.82, 2.24) is 10.2 Å². The van der Waals surface area contributed by atoms with Gasteiger partial charge < -0.3 is 15.5 Å². The summed E-state index contributed by atoms with van der Waals surface area (Å²) in [4.78, 5) is 15.0. The van der Waals surface area contributed by atoms with Crippen LogP contribution in [0.1, 0.15) is 38.5 Å². The number of likely N-dealkylation sites (tertiary alicyclic amines) is 1. The van der Waals surface area contributed by atoms with Crippen molar-refractivity contribution in [3.8, 4) is 0 Å². The average molecular weight is 333 g/mol. The van der Waals surface area contributed by atoms with Gasteiger partial charge in [-0.2, -0.15) is 0 Å². The minimum atomic E-state index is -0.669. The van der Waals surface area contributed by atoms with Gasteiger partial charge in [0.2, 0.25) is 5.91 Å². The average Bonchev–Trinajstić information content (AvgIpc) is 2.99. The molecule has 2 aliphatic rings. The zero-order valence-electron chi connectivity index (χ0n) is 14.5. The van der Waals surface area contributed by atoms with Crippen LogP contribution in [0.4, 0.5) is 10.1 Å². The number of hydrogen-bond acceptors (Lipinski definition) is 3. The Hall–Kier alpha value is -1.62. The van der Waals surface area contributed by atoms with Gasteiger partial charge in [-0.05, 0) is 43.4 Å². The van der Waals surface area contributed by atoms with Crippen LogP contribution in [0.15, 0.2) is 24.3 Å². The van der Waals surface area contributed by atoms with Crippen LogP contribution in [-0.2, 0) is 4.79 Å². The topological polar surface area (TPSA) is 44.4 Å². The number of hydrogen-bond donors (Lipinski definition) is 2. The molecule has 1 aromatic carbocycles. The molecule has 24 heavy (non-hydrogen) atoms. The van der Waals surface area contributed by atoms with E-state index in [9.17, 15) is 9.18 Å². The number of halogens is 1. The number of likely N-dealkylation sites (N-methyl/N-ethyl adjacent to an activating group) is 1. The minimum Gasteiger partial charge on any atom is -0.370 e. The summed E-state index contributed by atoms with van der Waals surface area (Å²) in [7, 11) is 1.67. The highest BCUT2D eigenvalue weighted by atomic mass is 19.1. The fourth-order valence-corrected chi connectivity index (χ4v) is 4.21. The van der Waals surface area contributed by atoms with Crippen LogP contribution in [0.5, 0.6) is 0 Å². The van der Waals surface area contributed by atoms with E-state index in [0.717, 1.165) is 25.4 Å². The molecule has 0 aromatic heterocycles. The molecule has 1 unspecified atom stereocenters. The van der Waals surface area contributed by atoms with E-state index in [1.165, 1.54) is 44.2 Å². The summed E-state index contributed by atoms with van der Waals surface area (Å²) in [5, 5.41) is 6.10. The molecule has 1 heterocycles. The van der Waals surface area contributed by atoms with Crippen LogP contribution in [0.25, 0.3) is 0 Å². The van der Waals surface area contributed by atoms with E-state index in [2.05, 4.69) is 15.5 Å². The summed E-state index contributed by atoms with van der Waals surface area (Å²) in [6.45, 7) is 2.66. The standard InChI is InChI=1S/C19H28FN3O/c1-21-18(24)19(22-17-9-5-8-16(20)12-17)10-11-23(14-19)13-15-6-3-2-4-7-15/h5,8-9,12,15,22H,2-4,6-7,10-11,13-14H2,1H3,(H,21,24).